The summed E-state index contributed by atoms with van der Waals surface area (Å²) in [5.74, 6) is -1.05. The van der Waals surface area contributed by atoms with E-state index in [1.807, 2.05) is 30.3 Å². The Hall–Kier alpha value is -3.43. The van der Waals surface area contributed by atoms with Crippen LogP contribution in [0.4, 0.5) is 5.69 Å². The summed E-state index contributed by atoms with van der Waals surface area (Å²) in [6, 6.07) is 19.7. The van der Waals surface area contributed by atoms with E-state index in [0.717, 1.165) is 28.8 Å². The van der Waals surface area contributed by atoms with Gasteiger partial charge in [-0.1, -0.05) is 46.3 Å². The fraction of sp³-hybridized carbons (Fsp3) is 0.148. The highest BCUT2D eigenvalue weighted by molar-refractivity contribution is 9.11. The van der Waals surface area contributed by atoms with Crippen molar-refractivity contribution in [3.05, 3.63) is 98.1 Å². The highest BCUT2D eigenvalue weighted by atomic mass is 79.9. The summed E-state index contributed by atoms with van der Waals surface area (Å²) >= 11 is 6.61. The van der Waals surface area contributed by atoms with Gasteiger partial charge in [0.25, 0.3) is 11.8 Å². The standard InChI is InChI=1S/C27H26Br2N4O3/c1-3-33(4-2)22-12-10-18(11-13-22)14-24(31-26(35)19-8-6-5-7-9-19)27(36)32-30-17-20-15-21(28)16-23(29)25(20)34/h5-17,34H,3-4H2,1-2H3,(H,31,35)(H,32,36)/b24-14+,30-17-. The summed E-state index contributed by atoms with van der Waals surface area (Å²) in [4.78, 5) is 28.0. The van der Waals surface area contributed by atoms with Crippen LogP contribution in [-0.2, 0) is 4.79 Å². The summed E-state index contributed by atoms with van der Waals surface area (Å²) in [5.41, 5.74) is 5.06. The molecule has 0 heterocycles. The van der Waals surface area contributed by atoms with E-state index in [9.17, 15) is 14.7 Å². The highest BCUT2D eigenvalue weighted by Crippen LogP contribution is 2.30. The minimum Gasteiger partial charge on any atom is -0.506 e. The van der Waals surface area contributed by atoms with Gasteiger partial charge in [0.2, 0.25) is 0 Å². The zero-order valence-electron chi connectivity index (χ0n) is 19.8. The third kappa shape index (κ3) is 7.29. The average molecular weight is 614 g/mol. The lowest BCUT2D eigenvalue weighted by Crippen LogP contribution is -2.32. The van der Waals surface area contributed by atoms with Crippen molar-refractivity contribution in [3.8, 4) is 5.75 Å². The molecule has 0 spiro atoms. The molecule has 2 amide bonds. The molecule has 0 saturated carbocycles. The lowest BCUT2D eigenvalue weighted by atomic mass is 10.1. The van der Waals surface area contributed by atoms with Gasteiger partial charge in [-0.25, -0.2) is 5.43 Å². The molecule has 0 radical (unpaired) electrons. The van der Waals surface area contributed by atoms with Gasteiger partial charge < -0.3 is 15.3 Å². The van der Waals surface area contributed by atoms with Crippen molar-refractivity contribution >= 4 is 61.7 Å². The van der Waals surface area contributed by atoms with Crippen LogP contribution in [0.25, 0.3) is 6.08 Å². The molecule has 0 unspecified atom stereocenters. The molecule has 0 aromatic heterocycles. The number of phenolic OH excluding ortho intramolecular Hbond substituents is 1. The topological polar surface area (TPSA) is 94.0 Å². The zero-order chi connectivity index (χ0) is 26.1. The molecular formula is C27H26Br2N4O3. The SMILES string of the molecule is CCN(CC)c1ccc(/C=C(/NC(=O)c2ccccc2)C(=O)N/N=C\c2cc(Br)cc(Br)c2O)cc1. The second kappa shape index (κ2) is 13.0. The normalized spacial score (nSPS) is 11.4. The quantitative estimate of drug-likeness (QED) is 0.164. The molecule has 0 aliphatic carbocycles. The van der Waals surface area contributed by atoms with Crippen molar-refractivity contribution in [2.45, 2.75) is 13.8 Å². The Morgan fingerprint density at radius 2 is 1.67 bits per heavy atom. The van der Waals surface area contributed by atoms with Gasteiger partial charge in [0.05, 0.1) is 10.7 Å². The number of anilines is 1. The summed E-state index contributed by atoms with van der Waals surface area (Å²) < 4.78 is 1.21. The number of benzene rings is 3. The highest BCUT2D eigenvalue weighted by Gasteiger charge is 2.15. The molecule has 0 bridgehead atoms. The number of carbonyl (C=O) groups is 2. The van der Waals surface area contributed by atoms with E-state index in [2.05, 4.69) is 66.5 Å². The predicted octanol–water partition coefficient (Wildman–Crippen LogP) is 5.68. The molecule has 3 N–H and O–H groups in total. The molecule has 186 valence electrons. The van der Waals surface area contributed by atoms with Gasteiger partial charge in [0, 0.05) is 34.4 Å². The van der Waals surface area contributed by atoms with Crippen molar-refractivity contribution in [2.75, 3.05) is 18.0 Å². The summed E-state index contributed by atoms with van der Waals surface area (Å²) in [6.07, 6.45) is 2.91. The van der Waals surface area contributed by atoms with E-state index < -0.39 is 11.8 Å². The molecule has 3 aromatic rings. The Bertz CT molecular complexity index is 1270. The number of carbonyl (C=O) groups excluding carboxylic acids is 2. The molecule has 0 fully saturated rings. The van der Waals surface area contributed by atoms with E-state index in [1.165, 1.54) is 6.21 Å². The maximum atomic E-state index is 13.0. The number of hydrogen-bond donors (Lipinski definition) is 3. The molecule has 7 nitrogen and oxygen atoms in total. The number of hydrazone groups is 1. The van der Waals surface area contributed by atoms with Gasteiger partial charge in [0.15, 0.2) is 0 Å². The Kier molecular flexibility index (Phi) is 9.84. The maximum absolute atomic E-state index is 13.0. The number of halogens is 2. The maximum Gasteiger partial charge on any atom is 0.287 e. The molecule has 0 aliphatic rings. The molecule has 36 heavy (non-hydrogen) atoms. The number of nitrogens with zero attached hydrogens (tertiary/aromatic N) is 2. The average Bonchev–Trinajstić information content (AvgIpc) is 2.88. The fourth-order valence-corrected chi connectivity index (χ4v) is 4.64. The van der Waals surface area contributed by atoms with Crippen molar-refractivity contribution in [3.63, 3.8) is 0 Å². The van der Waals surface area contributed by atoms with Gasteiger partial charge in [-0.2, -0.15) is 5.10 Å². The van der Waals surface area contributed by atoms with Gasteiger partial charge >= 0.3 is 0 Å². The number of hydrogen-bond acceptors (Lipinski definition) is 5. The monoisotopic (exact) mass is 612 g/mol. The van der Waals surface area contributed by atoms with E-state index in [1.54, 1.807) is 42.5 Å². The van der Waals surface area contributed by atoms with E-state index in [0.29, 0.717) is 15.6 Å². The van der Waals surface area contributed by atoms with E-state index in [-0.39, 0.29) is 11.4 Å². The molecule has 3 aromatic carbocycles. The number of aromatic hydroxyl groups is 1. The Labute approximate surface area is 227 Å². The van der Waals surface area contributed by atoms with Crippen LogP contribution < -0.4 is 15.6 Å². The summed E-state index contributed by atoms with van der Waals surface area (Å²) in [5, 5.41) is 16.8. The fourth-order valence-electron chi connectivity index (χ4n) is 3.38. The van der Waals surface area contributed by atoms with E-state index >= 15 is 0 Å². The van der Waals surface area contributed by atoms with Gasteiger partial charge in [0.1, 0.15) is 11.4 Å². The largest absolute Gasteiger partial charge is 0.506 e. The van der Waals surface area contributed by atoms with Crippen LogP contribution in [0.2, 0.25) is 0 Å². The van der Waals surface area contributed by atoms with Crippen molar-refractivity contribution in [2.24, 2.45) is 5.10 Å². The minimum absolute atomic E-state index is 0.0161. The Morgan fingerprint density at radius 3 is 2.31 bits per heavy atom. The van der Waals surface area contributed by atoms with Crippen LogP contribution in [0.3, 0.4) is 0 Å². The number of nitrogens with one attached hydrogen (secondary N) is 2. The number of amides is 2. The van der Waals surface area contributed by atoms with Crippen molar-refractivity contribution < 1.29 is 14.7 Å². The van der Waals surface area contributed by atoms with Crippen molar-refractivity contribution in [1.29, 1.82) is 0 Å². The first kappa shape index (κ1) is 27.2. The first-order valence-electron chi connectivity index (χ1n) is 11.3. The Balaban J connectivity index is 1.85. The molecule has 0 saturated heterocycles. The van der Waals surface area contributed by atoms with Gasteiger partial charge in [-0.05, 0) is 77.8 Å². The summed E-state index contributed by atoms with van der Waals surface area (Å²) in [6.45, 7) is 5.95. The first-order chi connectivity index (χ1) is 17.3. The molecule has 0 atom stereocenters. The first-order valence-corrected chi connectivity index (χ1v) is 12.9. The number of phenols is 1. The molecule has 9 heteroatoms. The van der Waals surface area contributed by atoms with Crippen molar-refractivity contribution in [1.82, 2.24) is 10.7 Å². The molecule has 0 aliphatic heterocycles. The lowest BCUT2D eigenvalue weighted by Gasteiger charge is -2.21. The second-order valence-corrected chi connectivity index (χ2v) is 9.44. The predicted molar refractivity (Wildman–Crippen MR) is 151 cm³/mol. The third-order valence-corrected chi connectivity index (χ3v) is 6.35. The molecular weight excluding hydrogens is 588 g/mol. The van der Waals surface area contributed by atoms with Crippen LogP contribution in [0, 0.1) is 0 Å². The molecule has 3 rings (SSSR count). The zero-order valence-corrected chi connectivity index (χ0v) is 23.0. The van der Waals surface area contributed by atoms with Crippen LogP contribution in [-0.4, -0.2) is 36.2 Å². The number of rotatable bonds is 9. The van der Waals surface area contributed by atoms with Crippen LogP contribution in [0.5, 0.6) is 5.75 Å². The van der Waals surface area contributed by atoms with E-state index in [4.69, 9.17) is 0 Å². The summed E-state index contributed by atoms with van der Waals surface area (Å²) in [7, 11) is 0. The second-order valence-electron chi connectivity index (χ2n) is 7.67. The Morgan fingerprint density at radius 1 is 1.00 bits per heavy atom. The minimum atomic E-state index is -0.614. The lowest BCUT2D eigenvalue weighted by molar-refractivity contribution is -0.117. The third-order valence-electron chi connectivity index (χ3n) is 5.29. The van der Waals surface area contributed by atoms with Crippen LogP contribution >= 0.6 is 31.9 Å². The van der Waals surface area contributed by atoms with Crippen LogP contribution in [0.15, 0.2) is 86.5 Å². The van der Waals surface area contributed by atoms with Gasteiger partial charge in [-0.3, -0.25) is 9.59 Å². The van der Waals surface area contributed by atoms with Crippen LogP contribution in [0.1, 0.15) is 35.3 Å². The smallest absolute Gasteiger partial charge is 0.287 e. The van der Waals surface area contributed by atoms with Gasteiger partial charge in [-0.15, -0.1) is 0 Å².